The first-order valence-electron chi connectivity index (χ1n) is 8.41. The number of thiazole rings is 1. The first kappa shape index (κ1) is 19.2. The molecular weight excluding hydrogens is 418 g/mol. The van der Waals surface area contributed by atoms with Crippen LogP contribution in [0, 0.1) is 11.6 Å². The second-order valence-corrected chi connectivity index (χ2v) is 8.76. The van der Waals surface area contributed by atoms with Crippen molar-refractivity contribution in [2.24, 2.45) is 0 Å². The highest BCUT2D eigenvalue weighted by Gasteiger charge is 2.16. The van der Waals surface area contributed by atoms with Crippen LogP contribution >= 0.6 is 11.3 Å². The minimum atomic E-state index is -3.73. The molecule has 2 N–H and O–H groups in total. The van der Waals surface area contributed by atoms with Gasteiger partial charge in [0.2, 0.25) is 0 Å². The summed E-state index contributed by atoms with van der Waals surface area (Å²) >= 11 is 1.19. The molecule has 0 saturated heterocycles. The number of anilines is 1. The topological polar surface area (TPSA) is 87.7 Å². The van der Waals surface area contributed by atoms with E-state index in [9.17, 15) is 17.2 Å². The van der Waals surface area contributed by atoms with Crippen LogP contribution < -0.4 is 4.72 Å². The van der Waals surface area contributed by atoms with Crippen molar-refractivity contribution in [2.75, 3.05) is 4.72 Å². The van der Waals surface area contributed by atoms with E-state index >= 15 is 0 Å². The number of halogens is 2. The fraction of sp³-hybridized carbons (Fsp3) is 0.0526. The molecule has 0 aliphatic rings. The molecule has 29 heavy (non-hydrogen) atoms. The number of benzene rings is 2. The minimum absolute atomic E-state index is 0.0958. The molecule has 0 aliphatic heterocycles. The Balaban J connectivity index is 1.51. The average Bonchev–Trinajstić information content (AvgIpc) is 3.33. The molecule has 6 nitrogen and oxygen atoms in total. The zero-order valence-electron chi connectivity index (χ0n) is 14.8. The fourth-order valence-electron chi connectivity index (χ4n) is 2.77. The molecule has 0 aliphatic carbocycles. The van der Waals surface area contributed by atoms with E-state index in [0.29, 0.717) is 27.8 Å². The van der Waals surface area contributed by atoms with Gasteiger partial charge in [-0.15, -0.1) is 11.3 Å². The maximum absolute atomic E-state index is 13.3. The third-order valence-corrected chi connectivity index (χ3v) is 6.21. The number of aromatic amines is 1. The lowest BCUT2D eigenvalue weighted by Gasteiger charge is -2.06. The lowest BCUT2D eigenvalue weighted by Crippen LogP contribution is -2.12. The normalized spacial score (nSPS) is 11.5. The first-order valence-corrected chi connectivity index (χ1v) is 10.8. The van der Waals surface area contributed by atoms with Gasteiger partial charge in [0.25, 0.3) is 10.0 Å². The fourth-order valence-corrected chi connectivity index (χ4v) is 4.56. The van der Waals surface area contributed by atoms with Crippen LogP contribution in [0.4, 0.5) is 13.9 Å². The monoisotopic (exact) mass is 432 g/mol. The molecule has 0 amide bonds. The molecule has 0 unspecified atom stereocenters. The average molecular weight is 432 g/mol. The maximum Gasteiger partial charge on any atom is 0.263 e. The number of nitrogens with zero attached hydrogens (tertiary/aromatic N) is 2. The summed E-state index contributed by atoms with van der Waals surface area (Å²) in [6.07, 6.45) is 3.37. The van der Waals surface area contributed by atoms with E-state index in [1.165, 1.54) is 41.8 Å². The van der Waals surface area contributed by atoms with Gasteiger partial charge in [0.15, 0.2) is 5.13 Å². The summed E-state index contributed by atoms with van der Waals surface area (Å²) in [5.74, 6) is -0.750. The van der Waals surface area contributed by atoms with Gasteiger partial charge in [0.05, 0.1) is 4.90 Å². The molecule has 10 heteroatoms. The molecule has 4 rings (SSSR count). The van der Waals surface area contributed by atoms with E-state index in [2.05, 4.69) is 19.7 Å². The summed E-state index contributed by atoms with van der Waals surface area (Å²) in [6, 6.07) is 9.53. The van der Waals surface area contributed by atoms with Gasteiger partial charge < -0.3 is 4.98 Å². The summed E-state index contributed by atoms with van der Waals surface area (Å²) in [7, 11) is -3.73. The first-order chi connectivity index (χ1) is 13.9. The molecule has 2 aromatic carbocycles. The predicted octanol–water partition coefficient (Wildman–Crippen LogP) is 4.20. The van der Waals surface area contributed by atoms with Gasteiger partial charge in [-0.1, -0.05) is 0 Å². The van der Waals surface area contributed by atoms with E-state index in [1.807, 2.05) is 0 Å². The zero-order chi connectivity index (χ0) is 20.4. The van der Waals surface area contributed by atoms with Crippen LogP contribution in [0.5, 0.6) is 0 Å². The lowest BCUT2D eigenvalue weighted by molar-refractivity contribution is 0.580. The van der Waals surface area contributed by atoms with E-state index in [-0.39, 0.29) is 11.3 Å². The Morgan fingerprint density at radius 1 is 1.03 bits per heavy atom. The van der Waals surface area contributed by atoms with Crippen LogP contribution in [-0.4, -0.2) is 23.4 Å². The van der Waals surface area contributed by atoms with E-state index in [0.717, 1.165) is 6.07 Å². The van der Waals surface area contributed by atoms with E-state index in [1.54, 1.807) is 23.7 Å². The molecule has 0 fully saturated rings. The van der Waals surface area contributed by atoms with Gasteiger partial charge in [0, 0.05) is 41.5 Å². The van der Waals surface area contributed by atoms with Gasteiger partial charge >= 0.3 is 0 Å². The maximum atomic E-state index is 13.3. The number of imidazole rings is 1. The Morgan fingerprint density at radius 2 is 1.76 bits per heavy atom. The summed E-state index contributed by atoms with van der Waals surface area (Å²) in [4.78, 5) is 11.3. The molecule has 148 valence electrons. The van der Waals surface area contributed by atoms with Crippen molar-refractivity contribution < 1.29 is 17.2 Å². The number of hydrogen-bond acceptors (Lipinski definition) is 5. The molecule has 0 saturated carbocycles. The van der Waals surface area contributed by atoms with Crippen LogP contribution in [0.2, 0.25) is 0 Å². The van der Waals surface area contributed by atoms with Gasteiger partial charge in [-0.2, -0.15) is 0 Å². The van der Waals surface area contributed by atoms with Crippen LogP contribution in [0.3, 0.4) is 0 Å². The molecule has 0 radical (unpaired) electrons. The highest BCUT2D eigenvalue weighted by atomic mass is 32.2. The van der Waals surface area contributed by atoms with Gasteiger partial charge in [-0.25, -0.2) is 27.2 Å². The van der Waals surface area contributed by atoms with Crippen LogP contribution in [0.25, 0.3) is 11.4 Å². The molecule has 0 bridgehead atoms. The van der Waals surface area contributed by atoms with Gasteiger partial charge in [0.1, 0.15) is 17.5 Å². The predicted molar refractivity (Wildman–Crippen MR) is 106 cm³/mol. The number of sulfonamides is 1. The largest absolute Gasteiger partial charge is 0.342 e. The number of nitrogens with one attached hydrogen (secondary N) is 2. The van der Waals surface area contributed by atoms with Crippen LogP contribution in [-0.2, 0) is 16.4 Å². The zero-order valence-corrected chi connectivity index (χ0v) is 16.4. The summed E-state index contributed by atoms with van der Waals surface area (Å²) in [6.45, 7) is 0. The smallest absolute Gasteiger partial charge is 0.263 e. The highest BCUT2D eigenvalue weighted by molar-refractivity contribution is 7.93. The van der Waals surface area contributed by atoms with E-state index < -0.39 is 21.7 Å². The van der Waals surface area contributed by atoms with Crippen LogP contribution in [0.1, 0.15) is 11.3 Å². The van der Waals surface area contributed by atoms with Gasteiger partial charge in [-0.05, 0) is 42.0 Å². The highest BCUT2D eigenvalue weighted by Crippen LogP contribution is 2.22. The Hall–Kier alpha value is -3.11. The van der Waals surface area contributed by atoms with Crippen LogP contribution in [0.15, 0.2) is 65.1 Å². The standard InChI is InChI=1S/C19H14F2N4O2S2/c20-14-7-12(8-15(21)10-14)9-16-11-23-18(24-16)13-1-3-17(4-2-13)29(26,27)25-19-22-5-6-28-19/h1-8,10-11H,9H2,(H,22,25)(H,23,24). The Kier molecular flexibility index (Phi) is 5.12. The summed E-state index contributed by atoms with van der Waals surface area (Å²) in [5, 5.41) is 1.96. The number of H-pyrrole nitrogens is 1. The van der Waals surface area contributed by atoms with Gasteiger partial charge in [-0.3, -0.25) is 4.72 Å². The van der Waals surface area contributed by atoms with Crippen molar-refractivity contribution in [3.63, 3.8) is 0 Å². The minimum Gasteiger partial charge on any atom is -0.342 e. The Morgan fingerprint density at radius 3 is 2.41 bits per heavy atom. The Bertz CT molecular complexity index is 1220. The molecule has 0 atom stereocenters. The third kappa shape index (κ3) is 4.49. The number of aromatic nitrogens is 3. The van der Waals surface area contributed by atoms with Crippen molar-refractivity contribution in [1.82, 2.24) is 15.0 Å². The molecular formula is C19H14F2N4O2S2. The summed E-state index contributed by atoms with van der Waals surface area (Å²) in [5.41, 5.74) is 1.83. The van der Waals surface area contributed by atoms with Crippen molar-refractivity contribution in [3.05, 3.63) is 83.1 Å². The second-order valence-electron chi connectivity index (χ2n) is 6.18. The third-order valence-electron chi connectivity index (χ3n) is 4.04. The SMILES string of the molecule is O=S(=O)(Nc1nccs1)c1ccc(-c2ncc(Cc3cc(F)cc(F)c3)[nH]2)cc1. The van der Waals surface area contributed by atoms with Crippen molar-refractivity contribution >= 4 is 26.5 Å². The van der Waals surface area contributed by atoms with Crippen molar-refractivity contribution in [2.45, 2.75) is 11.3 Å². The van der Waals surface area contributed by atoms with Crippen molar-refractivity contribution in [1.29, 1.82) is 0 Å². The molecule has 0 spiro atoms. The number of rotatable bonds is 6. The second kappa shape index (κ2) is 7.72. The molecule has 4 aromatic rings. The summed E-state index contributed by atoms with van der Waals surface area (Å²) < 4.78 is 53.8. The molecule has 2 heterocycles. The quantitative estimate of drug-likeness (QED) is 0.478. The van der Waals surface area contributed by atoms with Crippen molar-refractivity contribution in [3.8, 4) is 11.4 Å². The Labute approximate surface area is 169 Å². The molecule has 2 aromatic heterocycles. The lowest BCUT2D eigenvalue weighted by atomic mass is 10.1. The number of hydrogen-bond donors (Lipinski definition) is 2. The van der Waals surface area contributed by atoms with E-state index in [4.69, 9.17) is 0 Å².